The van der Waals surface area contributed by atoms with E-state index in [0.29, 0.717) is 19.8 Å². The smallest absolute Gasteiger partial charge is 0.239 e. The molecule has 1 aliphatic heterocycles. The molecule has 0 radical (unpaired) electrons. The zero-order valence-corrected chi connectivity index (χ0v) is 12.7. The van der Waals surface area contributed by atoms with Crippen LogP contribution in [0.5, 0.6) is 0 Å². The summed E-state index contributed by atoms with van der Waals surface area (Å²) in [6.45, 7) is 5.44. The number of nitrogens with one attached hydrogen (secondary N) is 2. The van der Waals surface area contributed by atoms with E-state index in [-0.39, 0.29) is 11.9 Å². The molecule has 1 aromatic rings. The summed E-state index contributed by atoms with van der Waals surface area (Å²) < 4.78 is 5.38. The number of carbonyl (C=O) groups is 1. The van der Waals surface area contributed by atoms with Gasteiger partial charge in [-0.05, 0) is 6.42 Å². The van der Waals surface area contributed by atoms with Gasteiger partial charge in [0.05, 0.1) is 19.8 Å². The number of nitrogens with zero attached hydrogens (tertiary/aromatic N) is 3. The average molecular weight is 299 g/mol. The Morgan fingerprint density at radius 1 is 1.55 bits per heavy atom. The molecular weight excluding hydrogens is 278 g/mol. The lowest BCUT2D eigenvalue weighted by Gasteiger charge is -2.33. The Kier molecular flexibility index (Phi) is 5.69. The minimum Gasteiger partial charge on any atom is -0.378 e. The monoisotopic (exact) mass is 299 g/mol. The maximum Gasteiger partial charge on any atom is 0.239 e. The number of hydrogen-bond donors (Lipinski definition) is 2. The van der Waals surface area contributed by atoms with Gasteiger partial charge in [-0.25, -0.2) is 0 Å². The van der Waals surface area contributed by atoms with E-state index in [1.54, 1.807) is 18.4 Å². The minimum absolute atomic E-state index is 0.0152. The predicted molar refractivity (Wildman–Crippen MR) is 77.8 cm³/mol. The largest absolute Gasteiger partial charge is 0.378 e. The Bertz CT molecular complexity index is 439. The molecule has 2 rings (SSSR count). The number of rotatable bonds is 6. The third-order valence-electron chi connectivity index (χ3n) is 3.12. The zero-order chi connectivity index (χ0) is 14.4. The predicted octanol–water partition coefficient (Wildman–Crippen LogP) is 0.307. The van der Waals surface area contributed by atoms with Crippen LogP contribution in [0.25, 0.3) is 0 Å². The number of anilines is 1. The topological polar surface area (TPSA) is 79.4 Å². The molecule has 112 valence electrons. The number of carbonyl (C=O) groups excluding carboxylic acids is 1. The highest BCUT2D eigenvalue weighted by Gasteiger charge is 2.29. The summed E-state index contributed by atoms with van der Waals surface area (Å²) in [4.78, 5) is 13.9. The molecule has 0 spiro atoms. The lowest BCUT2D eigenvalue weighted by molar-refractivity contribution is -0.132. The molecule has 1 atom stereocenters. The molecule has 1 aliphatic rings. The number of likely N-dealkylation sites (N-methyl/N-ethyl adjacent to an activating group) is 1. The second-order valence-corrected chi connectivity index (χ2v) is 5.67. The van der Waals surface area contributed by atoms with Crippen LogP contribution in [0.4, 0.5) is 5.13 Å². The van der Waals surface area contributed by atoms with Crippen LogP contribution in [0.2, 0.25) is 0 Å². The van der Waals surface area contributed by atoms with E-state index < -0.39 is 0 Å². The summed E-state index contributed by atoms with van der Waals surface area (Å²) in [5.41, 5.74) is 0. The van der Waals surface area contributed by atoms with Crippen LogP contribution in [-0.4, -0.2) is 60.4 Å². The number of aromatic nitrogens is 2. The summed E-state index contributed by atoms with van der Waals surface area (Å²) in [6.07, 6.45) is 1.05. The molecule has 2 N–H and O–H groups in total. The van der Waals surface area contributed by atoms with Crippen molar-refractivity contribution in [1.29, 1.82) is 0 Å². The van der Waals surface area contributed by atoms with Crippen molar-refractivity contribution in [1.82, 2.24) is 20.4 Å². The Balaban J connectivity index is 1.96. The lowest BCUT2D eigenvalue weighted by atomic mass is 10.2. The van der Waals surface area contributed by atoms with E-state index in [1.807, 2.05) is 0 Å². The van der Waals surface area contributed by atoms with Gasteiger partial charge in [0.2, 0.25) is 11.0 Å². The number of ether oxygens (including phenoxy) is 1. The quantitative estimate of drug-likeness (QED) is 0.787. The molecule has 2 heterocycles. The second-order valence-electron chi connectivity index (χ2n) is 4.60. The maximum absolute atomic E-state index is 11.8. The summed E-state index contributed by atoms with van der Waals surface area (Å²) in [5.74, 6) is -0.0152. The molecular formula is C12H21N5O2S. The van der Waals surface area contributed by atoms with Crippen LogP contribution in [0, 0.1) is 0 Å². The van der Waals surface area contributed by atoms with Crippen LogP contribution < -0.4 is 10.6 Å². The van der Waals surface area contributed by atoms with Gasteiger partial charge in [0.1, 0.15) is 11.0 Å². The van der Waals surface area contributed by atoms with E-state index in [1.165, 1.54) is 0 Å². The Morgan fingerprint density at radius 2 is 2.40 bits per heavy atom. The fraction of sp³-hybridized carbons (Fsp3) is 0.750. The van der Waals surface area contributed by atoms with E-state index in [2.05, 4.69) is 32.7 Å². The first kappa shape index (κ1) is 15.1. The molecule has 0 aromatic carbocycles. The highest BCUT2D eigenvalue weighted by Crippen LogP contribution is 2.19. The molecule has 0 bridgehead atoms. The van der Waals surface area contributed by atoms with Gasteiger partial charge >= 0.3 is 0 Å². The van der Waals surface area contributed by atoms with Crippen LogP contribution in [0.1, 0.15) is 18.4 Å². The highest BCUT2D eigenvalue weighted by molar-refractivity contribution is 7.15. The van der Waals surface area contributed by atoms with Gasteiger partial charge in [-0.1, -0.05) is 18.3 Å². The average Bonchev–Trinajstić information content (AvgIpc) is 2.92. The molecule has 1 aromatic heterocycles. The molecule has 0 aliphatic carbocycles. The molecule has 8 heteroatoms. The van der Waals surface area contributed by atoms with Gasteiger partial charge in [0.15, 0.2) is 0 Å². The van der Waals surface area contributed by atoms with Crippen molar-refractivity contribution < 1.29 is 9.53 Å². The SMILES string of the molecule is CCCNc1nnc(CN2CCOCC2C(=O)NC)s1. The van der Waals surface area contributed by atoms with Crippen molar-refractivity contribution in [3.05, 3.63) is 5.01 Å². The molecule has 7 nitrogen and oxygen atoms in total. The van der Waals surface area contributed by atoms with Crippen molar-refractivity contribution in [2.75, 3.05) is 38.7 Å². The summed E-state index contributed by atoms with van der Waals surface area (Å²) in [6, 6.07) is -0.246. The number of hydrogen-bond acceptors (Lipinski definition) is 7. The van der Waals surface area contributed by atoms with E-state index in [0.717, 1.165) is 29.6 Å². The van der Waals surface area contributed by atoms with Gasteiger partial charge in [0.25, 0.3) is 0 Å². The molecule has 20 heavy (non-hydrogen) atoms. The summed E-state index contributed by atoms with van der Waals surface area (Å²) in [7, 11) is 1.65. The first-order chi connectivity index (χ1) is 9.74. The van der Waals surface area contributed by atoms with E-state index in [4.69, 9.17) is 4.74 Å². The lowest BCUT2D eigenvalue weighted by Crippen LogP contribution is -2.52. The molecule has 1 amide bonds. The third kappa shape index (κ3) is 3.87. The Morgan fingerprint density at radius 3 is 3.15 bits per heavy atom. The Hall–Kier alpha value is -1.25. The maximum atomic E-state index is 11.8. The minimum atomic E-state index is -0.246. The molecule has 1 unspecified atom stereocenters. The van der Waals surface area contributed by atoms with E-state index in [9.17, 15) is 4.79 Å². The standard InChI is InChI=1S/C12H21N5O2S/c1-3-4-14-12-16-15-10(20-12)7-17-5-6-19-8-9(17)11(18)13-2/h9H,3-8H2,1-2H3,(H,13,18)(H,14,16). The molecule has 0 saturated carbocycles. The number of amides is 1. The summed E-state index contributed by atoms with van der Waals surface area (Å²) in [5, 5.41) is 15.9. The van der Waals surface area contributed by atoms with Crippen LogP contribution in [-0.2, 0) is 16.1 Å². The van der Waals surface area contributed by atoms with Crippen molar-refractivity contribution >= 4 is 22.4 Å². The van der Waals surface area contributed by atoms with Crippen molar-refractivity contribution in [2.24, 2.45) is 0 Å². The van der Waals surface area contributed by atoms with Gasteiger partial charge < -0.3 is 15.4 Å². The fourth-order valence-corrected chi connectivity index (χ4v) is 2.82. The first-order valence-corrected chi connectivity index (χ1v) is 7.66. The van der Waals surface area contributed by atoms with Crippen LogP contribution in [0.3, 0.4) is 0 Å². The zero-order valence-electron chi connectivity index (χ0n) is 11.9. The first-order valence-electron chi connectivity index (χ1n) is 6.84. The van der Waals surface area contributed by atoms with Crippen molar-refractivity contribution in [3.8, 4) is 0 Å². The summed E-state index contributed by atoms with van der Waals surface area (Å²) >= 11 is 1.54. The second kappa shape index (κ2) is 7.51. The highest BCUT2D eigenvalue weighted by atomic mass is 32.1. The molecule has 1 fully saturated rings. The Labute approximate surface area is 122 Å². The van der Waals surface area contributed by atoms with Gasteiger partial charge in [-0.15, -0.1) is 10.2 Å². The normalized spacial score (nSPS) is 19.8. The van der Waals surface area contributed by atoms with Crippen LogP contribution in [0.15, 0.2) is 0 Å². The molecule has 1 saturated heterocycles. The third-order valence-corrected chi connectivity index (χ3v) is 3.99. The van der Waals surface area contributed by atoms with Crippen molar-refractivity contribution in [3.63, 3.8) is 0 Å². The van der Waals surface area contributed by atoms with Gasteiger partial charge in [-0.3, -0.25) is 9.69 Å². The van der Waals surface area contributed by atoms with E-state index >= 15 is 0 Å². The van der Waals surface area contributed by atoms with Gasteiger partial charge in [0, 0.05) is 20.1 Å². The van der Waals surface area contributed by atoms with Crippen LogP contribution >= 0.6 is 11.3 Å². The number of morpholine rings is 1. The fourth-order valence-electron chi connectivity index (χ4n) is 2.03. The van der Waals surface area contributed by atoms with Gasteiger partial charge in [-0.2, -0.15) is 0 Å². The van der Waals surface area contributed by atoms with Crippen molar-refractivity contribution in [2.45, 2.75) is 25.9 Å².